The lowest BCUT2D eigenvalue weighted by Gasteiger charge is -2.43. The van der Waals surface area contributed by atoms with Gasteiger partial charge in [0.2, 0.25) is 5.91 Å². The molecule has 0 saturated heterocycles. The molecule has 0 aromatic heterocycles. The van der Waals surface area contributed by atoms with Crippen molar-refractivity contribution in [2.45, 2.75) is 43.9 Å². The first-order valence-corrected chi connectivity index (χ1v) is 8.28. The van der Waals surface area contributed by atoms with Crippen LogP contribution in [0.3, 0.4) is 0 Å². The molecule has 0 heterocycles. The quantitative estimate of drug-likeness (QED) is 0.875. The molecule has 0 spiro atoms. The molecule has 0 radical (unpaired) electrons. The van der Waals surface area contributed by atoms with Crippen LogP contribution in [0, 0.1) is 11.8 Å². The van der Waals surface area contributed by atoms with Gasteiger partial charge in [-0.05, 0) is 43.7 Å². The van der Waals surface area contributed by atoms with Crippen LogP contribution in [0.5, 0.6) is 0 Å². The van der Waals surface area contributed by atoms with Crippen molar-refractivity contribution in [2.24, 2.45) is 17.6 Å². The third kappa shape index (κ3) is 3.31. The third-order valence-electron chi connectivity index (χ3n) is 5.60. The van der Waals surface area contributed by atoms with Gasteiger partial charge in [-0.1, -0.05) is 43.2 Å². The predicted octanol–water partition coefficient (Wildman–Crippen LogP) is 3.02. The van der Waals surface area contributed by atoms with E-state index in [1.165, 1.54) is 24.8 Å². The molecule has 0 aliphatic heterocycles. The van der Waals surface area contributed by atoms with Crippen LogP contribution in [-0.4, -0.2) is 19.0 Å². The van der Waals surface area contributed by atoms with Crippen molar-refractivity contribution >= 4 is 18.3 Å². The molecule has 2 saturated carbocycles. The zero-order valence-electron chi connectivity index (χ0n) is 13.1. The summed E-state index contributed by atoms with van der Waals surface area (Å²) in [5.41, 5.74) is 7.34. The second-order valence-electron chi connectivity index (χ2n) is 6.75. The summed E-state index contributed by atoms with van der Waals surface area (Å²) in [5, 5.41) is 3.24. The molecule has 22 heavy (non-hydrogen) atoms. The van der Waals surface area contributed by atoms with Gasteiger partial charge in [0.15, 0.2) is 0 Å². The molecule has 4 heteroatoms. The normalized spacial score (nSPS) is 25.9. The summed E-state index contributed by atoms with van der Waals surface area (Å²) in [6.07, 6.45) is 6.89. The number of halogens is 1. The second kappa shape index (κ2) is 7.47. The van der Waals surface area contributed by atoms with Crippen LogP contribution in [0.2, 0.25) is 0 Å². The molecule has 1 amide bonds. The van der Waals surface area contributed by atoms with Gasteiger partial charge in [-0.3, -0.25) is 4.79 Å². The standard InChI is InChI=1S/C18H26N2O.ClH/c19-12-14-6-4-9-16(14)17(21)20-13-18(10-5-11-18)15-7-2-1-3-8-15;/h1-3,7-8,14,16H,4-6,9-13,19H2,(H,20,21);1H/t14-,16-;/m1./s1. The third-order valence-corrected chi connectivity index (χ3v) is 5.60. The summed E-state index contributed by atoms with van der Waals surface area (Å²) in [7, 11) is 0. The first kappa shape index (κ1) is 17.3. The molecule has 3 rings (SSSR count). The van der Waals surface area contributed by atoms with E-state index in [-0.39, 0.29) is 29.6 Å². The Morgan fingerprint density at radius 1 is 1.18 bits per heavy atom. The maximum atomic E-state index is 12.5. The Bertz CT molecular complexity index is 487. The molecule has 122 valence electrons. The second-order valence-corrected chi connectivity index (χ2v) is 6.75. The van der Waals surface area contributed by atoms with E-state index in [0.29, 0.717) is 12.5 Å². The SMILES string of the molecule is Cl.NC[C@H]1CCC[C@H]1C(=O)NCC1(c2ccccc2)CCC1. The highest BCUT2D eigenvalue weighted by molar-refractivity contribution is 5.85. The van der Waals surface area contributed by atoms with E-state index in [2.05, 4.69) is 35.6 Å². The van der Waals surface area contributed by atoms with Crippen molar-refractivity contribution in [1.29, 1.82) is 0 Å². The predicted molar refractivity (Wildman–Crippen MR) is 92.1 cm³/mol. The Morgan fingerprint density at radius 3 is 2.50 bits per heavy atom. The Hall–Kier alpha value is -1.06. The van der Waals surface area contributed by atoms with Gasteiger partial charge < -0.3 is 11.1 Å². The Balaban J connectivity index is 0.00000176. The number of hydrogen-bond acceptors (Lipinski definition) is 2. The monoisotopic (exact) mass is 322 g/mol. The largest absolute Gasteiger partial charge is 0.355 e. The minimum Gasteiger partial charge on any atom is -0.355 e. The van der Waals surface area contributed by atoms with Crippen LogP contribution >= 0.6 is 12.4 Å². The fourth-order valence-corrected chi connectivity index (χ4v) is 4.01. The topological polar surface area (TPSA) is 55.1 Å². The van der Waals surface area contributed by atoms with Crippen molar-refractivity contribution in [3.63, 3.8) is 0 Å². The molecule has 0 unspecified atom stereocenters. The Morgan fingerprint density at radius 2 is 1.91 bits per heavy atom. The highest BCUT2D eigenvalue weighted by atomic mass is 35.5. The number of nitrogens with one attached hydrogen (secondary N) is 1. The first-order chi connectivity index (χ1) is 10.2. The summed E-state index contributed by atoms with van der Waals surface area (Å²) >= 11 is 0. The van der Waals surface area contributed by atoms with E-state index >= 15 is 0 Å². The molecule has 1 aromatic carbocycles. The van der Waals surface area contributed by atoms with Gasteiger partial charge in [0, 0.05) is 17.9 Å². The van der Waals surface area contributed by atoms with Crippen LogP contribution in [0.1, 0.15) is 44.1 Å². The molecular formula is C18H27ClN2O. The van der Waals surface area contributed by atoms with E-state index in [1.54, 1.807) is 0 Å². The number of amides is 1. The lowest BCUT2D eigenvalue weighted by molar-refractivity contribution is -0.126. The minimum atomic E-state index is 0. The molecule has 2 aliphatic rings. The van der Waals surface area contributed by atoms with Crippen LogP contribution in [0.15, 0.2) is 30.3 Å². The number of carbonyl (C=O) groups excluding carboxylic acids is 1. The van der Waals surface area contributed by atoms with E-state index in [0.717, 1.165) is 25.8 Å². The molecule has 0 bridgehead atoms. The van der Waals surface area contributed by atoms with Crippen LogP contribution in [0.4, 0.5) is 0 Å². The number of hydrogen-bond donors (Lipinski definition) is 2. The lowest BCUT2D eigenvalue weighted by Crippen LogP contribution is -2.47. The summed E-state index contributed by atoms with van der Waals surface area (Å²) in [5.74, 6) is 0.757. The maximum Gasteiger partial charge on any atom is 0.223 e. The highest BCUT2D eigenvalue weighted by Crippen LogP contribution is 2.43. The number of rotatable bonds is 5. The highest BCUT2D eigenvalue weighted by Gasteiger charge is 2.40. The van der Waals surface area contributed by atoms with Crippen molar-refractivity contribution in [3.05, 3.63) is 35.9 Å². The average Bonchev–Trinajstić information content (AvgIpc) is 2.95. The number of benzene rings is 1. The lowest BCUT2D eigenvalue weighted by atomic mass is 9.64. The number of nitrogens with two attached hydrogens (primary N) is 1. The van der Waals surface area contributed by atoms with E-state index in [9.17, 15) is 4.79 Å². The van der Waals surface area contributed by atoms with Crippen molar-refractivity contribution in [2.75, 3.05) is 13.1 Å². The molecule has 2 aliphatic carbocycles. The summed E-state index contributed by atoms with van der Waals surface area (Å²) in [6, 6.07) is 10.6. The summed E-state index contributed by atoms with van der Waals surface area (Å²) < 4.78 is 0. The summed E-state index contributed by atoms with van der Waals surface area (Å²) in [6.45, 7) is 1.42. The van der Waals surface area contributed by atoms with Gasteiger partial charge in [-0.2, -0.15) is 0 Å². The first-order valence-electron chi connectivity index (χ1n) is 8.28. The molecule has 1 aromatic rings. The Labute approximate surface area is 139 Å². The minimum absolute atomic E-state index is 0. The fraction of sp³-hybridized carbons (Fsp3) is 0.611. The maximum absolute atomic E-state index is 12.5. The zero-order chi connectivity index (χ0) is 14.7. The summed E-state index contributed by atoms with van der Waals surface area (Å²) in [4.78, 5) is 12.5. The molecule has 3 N–H and O–H groups in total. The van der Waals surface area contributed by atoms with Crippen molar-refractivity contribution in [3.8, 4) is 0 Å². The molecule has 2 fully saturated rings. The van der Waals surface area contributed by atoms with Crippen molar-refractivity contribution in [1.82, 2.24) is 5.32 Å². The van der Waals surface area contributed by atoms with Gasteiger partial charge in [0.1, 0.15) is 0 Å². The molecular weight excluding hydrogens is 296 g/mol. The van der Waals surface area contributed by atoms with Crippen LogP contribution in [0.25, 0.3) is 0 Å². The number of carbonyl (C=O) groups is 1. The fourth-order valence-electron chi connectivity index (χ4n) is 4.01. The van der Waals surface area contributed by atoms with Crippen LogP contribution in [-0.2, 0) is 10.2 Å². The van der Waals surface area contributed by atoms with E-state index in [4.69, 9.17) is 5.73 Å². The van der Waals surface area contributed by atoms with Gasteiger partial charge >= 0.3 is 0 Å². The molecule has 2 atom stereocenters. The van der Waals surface area contributed by atoms with Gasteiger partial charge in [-0.15, -0.1) is 12.4 Å². The average molecular weight is 323 g/mol. The van der Waals surface area contributed by atoms with E-state index in [1.807, 2.05) is 0 Å². The van der Waals surface area contributed by atoms with Crippen molar-refractivity contribution < 1.29 is 4.79 Å². The van der Waals surface area contributed by atoms with Gasteiger partial charge in [0.05, 0.1) is 0 Å². The zero-order valence-corrected chi connectivity index (χ0v) is 13.9. The molecule has 3 nitrogen and oxygen atoms in total. The Kier molecular flexibility index (Phi) is 5.87. The van der Waals surface area contributed by atoms with Crippen LogP contribution < -0.4 is 11.1 Å². The smallest absolute Gasteiger partial charge is 0.223 e. The van der Waals surface area contributed by atoms with E-state index < -0.39 is 0 Å². The van der Waals surface area contributed by atoms with Gasteiger partial charge in [-0.25, -0.2) is 0 Å². The van der Waals surface area contributed by atoms with Gasteiger partial charge in [0.25, 0.3) is 0 Å².